The van der Waals surface area contributed by atoms with E-state index in [1.807, 2.05) is 48.5 Å². The van der Waals surface area contributed by atoms with Crippen LogP contribution in [0.4, 0.5) is 17.8 Å². The van der Waals surface area contributed by atoms with Crippen molar-refractivity contribution in [3.05, 3.63) is 119 Å². The fourth-order valence-corrected chi connectivity index (χ4v) is 6.45. The summed E-state index contributed by atoms with van der Waals surface area (Å²) >= 11 is 0. The number of hydrogen-bond donors (Lipinski definition) is 4. The molecule has 10 rings (SSSR count). The lowest BCUT2D eigenvalue weighted by Gasteiger charge is -2.06. The Bertz CT molecular complexity index is 3480. The molecule has 0 radical (unpaired) electrons. The Morgan fingerprint density at radius 1 is 0.632 bits per heavy atom. The number of benzene rings is 2. The van der Waals surface area contributed by atoms with Crippen molar-refractivity contribution in [2.24, 2.45) is 5.73 Å². The zero-order valence-corrected chi connectivity index (χ0v) is 36.4. The van der Waals surface area contributed by atoms with Gasteiger partial charge in [0.05, 0.1) is 12.5 Å². The number of tetrazole rings is 2. The number of rotatable bonds is 13. The highest BCUT2D eigenvalue weighted by Gasteiger charge is 2.19. The predicted octanol–water partition coefficient (Wildman–Crippen LogP) is 2.03. The Balaban J connectivity index is 0.000000148. The van der Waals surface area contributed by atoms with Gasteiger partial charge in [-0.05, 0) is 65.2 Å². The van der Waals surface area contributed by atoms with Gasteiger partial charge in [-0.1, -0.05) is 58.1 Å². The molecule has 7 N–H and O–H groups in total. The van der Waals surface area contributed by atoms with Gasteiger partial charge in [-0.2, -0.15) is 38.9 Å². The smallest absolute Gasteiger partial charge is 0.325 e. The van der Waals surface area contributed by atoms with E-state index < -0.39 is 15.0 Å². The van der Waals surface area contributed by atoms with Crippen LogP contribution in [0.25, 0.3) is 67.2 Å². The lowest BCUT2D eigenvalue weighted by Crippen LogP contribution is -2.12. The molecular formula is C39H36N24O4S. The second kappa shape index (κ2) is 20.1. The van der Waals surface area contributed by atoms with Crippen LogP contribution in [0.3, 0.4) is 0 Å². The molecule has 0 bridgehead atoms. The highest BCUT2D eigenvalue weighted by Crippen LogP contribution is 2.20. The van der Waals surface area contributed by atoms with Crippen molar-refractivity contribution >= 4 is 39.2 Å². The predicted molar refractivity (Wildman–Crippen MR) is 239 cm³/mol. The number of fused-ring (bicyclic) bond motifs is 2. The van der Waals surface area contributed by atoms with E-state index in [4.69, 9.17) is 39.2 Å². The molecule has 8 aromatic heterocycles. The van der Waals surface area contributed by atoms with Gasteiger partial charge < -0.3 is 31.4 Å². The summed E-state index contributed by atoms with van der Waals surface area (Å²) in [5.74, 6) is 3.39. The summed E-state index contributed by atoms with van der Waals surface area (Å²) in [7, 11) is -3.57. The minimum Gasteiger partial charge on any atom is -0.461 e. The van der Waals surface area contributed by atoms with Crippen molar-refractivity contribution in [3.8, 4) is 45.9 Å². The number of nitrogens with one attached hydrogen (secondary N) is 1. The summed E-state index contributed by atoms with van der Waals surface area (Å²) in [6.45, 7) is 14.9. The zero-order chi connectivity index (χ0) is 47.6. The summed E-state index contributed by atoms with van der Waals surface area (Å²) in [6, 6.07) is 22.5. The van der Waals surface area contributed by atoms with Crippen LogP contribution in [-0.2, 0) is 36.0 Å². The van der Waals surface area contributed by atoms with Crippen molar-refractivity contribution in [2.75, 3.05) is 36.1 Å². The van der Waals surface area contributed by atoms with E-state index in [0.29, 0.717) is 53.8 Å². The summed E-state index contributed by atoms with van der Waals surface area (Å²) < 4.78 is 35.8. The molecule has 0 atom stereocenters. The lowest BCUT2D eigenvalue weighted by atomic mass is 10.1. The van der Waals surface area contributed by atoms with Crippen LogP contribution in [0.15, 0.2) is 99.3 Å². The average molecular weight is 937 g/mol. The van der Waals surface area contributed by atoms with Gasteiger partial charge in [0.1, 0.15) is 0 Å². The number of nitrogen functional groups attached to an aromatic ring is 2. The quantitative estimate of drug-likeness (QED) is 0.120. The average Bonchev–Trinajstić information content (AvgIpc) is 4.19. The molecule has 0 amide bonds. The SMILES string of the molecule is CS(=O)(=O)c1nc(N)n2nc(-c3ccco3)nc2n1.[C-]#[N+]Cn1nnc(-c2ccc(CCN)cc2)n1.[C-]#[N+]Cn1nnc(-c2ccc(CCNc3nc(N)n4nc(-c5ccco5)nc4n3)cc2)n1. The molecule has 0 aliphatic heterocycles. The third-order valence-corrected chi connectivity index (χ3v) is 9.96. The molecule has 0 saturated heterocycles. The summed E-state index contributed by atoms with van der Waals surface area (Å²) in [4.78, 5) is 33.4. The van der Waals surface area contributed by atoms with Crippen LogP contribution in [0.2, 0.25) is 0 Å². The third kappa shape index (κ3) is 10.7. The molecule has 0 saturated carbocycles. The largest absolute Gasteiger partial charge is 0.461 e. The van der Waals surface area contributed by atoms with Gasteiger partial charge in [0, 0.05) is 23.9 Å². The molecule has 29 heteroatoms. The van der Waals surface area contributed by atoms with E-state index in [9.17, 15) is 8.42 Å². The first-order valence-corrected chi connectivity index (χ1v) is 21.8. The Morgan fingerprint density at radius 2 is 1.13 bits per heavy atom. The molecule has 28 nitrogen and oxygen atoms in total. The molecular weight excluding hydrogens is 901 g/mol. The number of sulfone groups is 1. The molecule has 0 aliphatic rings. The topological polar surface area (TPSA) is 358 Å². The van der Waals surface area contributed by atoms with E-state index in [1.165, 1.54) is 25.9 Å². The zero-order valence-electron chi connectivity index (χ0n) is 35.5. The number of aromatic nitrogens is 18. The van der Waals surface area contributed by atoms with Crippen LogP contribution in [0, 0.1) is 13.1 Å². The Kier molecular flexibility index (Phi) is 13.3. The fourth-order valence-electron chi connectivity index (χ4n) is 5.95. The molecule has 0 spiro atoms. The molecule has 10 aromatic rings. The van der Waals surface area contributed by atoms with Crippen LogP contribution < -0.4 is 22.5 Å². The van der Waals surface area contributed by atoms with Crippen LogP contribution in [-0.4, -0.2) is 117 Å². The maximum Gasteiger partial charge on any atom is 0.325 e. The first kappa shape index (κ1) is 45.0. The highest BCUT2D eigenvalue weighted by atomic mass is 32.2. The van der Waals surface area contributed by atoms with Crippen LogP contribution in [0.5, 0.6) is 0 Å². The Morgan fingerprint density at radius 3 is 1.60 bits per heavy atom. The van der Waals surface area contributed by atoms with Crippen molar-refractivity contribution in [1.29, 1.82) is 0 Å². The van der Waals surface area contributed by atoms with Gasteiger partial charge in [-0.3, -0.25) is 9.69 Å². The monoisotopic (exact) mass is 936 g/mol. The summed E-state index contributed by atoms with van der Waals surface area (Å²) in [5.41, 5.74) is 21.1. The number of hydrogen-bond acceptors (Lipinski definition) is 22. The Labute approximate surface area is 383 Å². The second-order valence-electron chi connectivity index (χ2n) is 14.0. The van der Waals surface area contributed by atoms with Crippen molar-refractivity contribution < 1.29 is 17.3 Å². The van der Waals surface area contributed by atoms with Gasteiger partial charge >= 0.3 is 13.3 Å². The van der Waals surface area contributed by atoms with E-state index >= 15 is 0 Å². The van der Waals surface area contributed by atoms with Crippen molar-refractivity contribution in [1.82, 2.24) is 89.5 Å². The van der Waals surface area contributed by atoms with E-state index in [-0.39, 0.29) is 36.8 Å². The first-order chi connectivity index (χ1) is 33.0. The Hall–Kier alpha value is -9.61. The molecule has 68 heavy (non-hydrogen) atoms. The molecule has 0 fully saturated rings. The molecule has 2 aromatic carbocycles. The first-order valence-electron chi connectivity index (χ1n) is 19.9. The van der Waals surface area contributed by atoms with Gasteiger partial charge in [0.2, 0.25) is 51.0 Å². The summed E-state index contributed by atoms with van der Waals surface area (Å²) in [6.07, 6.45) is 5.60. The van der Waals surface area contributed by atoms with Gasteiger partial charge in [0.15, 0.2) is 11.5 Å². The minimum absolute atomic E-state index is 0.0410. The van der Waals surface area contributed by atoms with E-state index in [1.54, 1.807) is 30.5 Å². The van der Waals surface area contributed by atoms with Crippen molar-refractivity contribution in [3.63, 3.8) is 0 Å². The highest BCUT2D eigenvalue weighted by molar-refractivity contribution is 7.90. The van der Waals surface area contributed by atoms with E-state index in [0.717, 1.165) is 40.3 Å². The minimum atomic E-state index is -3.57. The standard InChI is InChI=1S/C19H16N12O.C11H12N6.C9H8N6O3S/c1-21-11-30-27-15(26-29-30)13-6-4-12(5-7-13)8-9-22-18-24-17(20)31-19(25-18)23-16(28-31)14-3-2-10-32-14;1-13-8-17-15-11(14-16-17)10-4-2-9(3-5-10)6-7-12;1-19(16,17)9-12-7(10)15-8(13-9)11-6(14-15)5-3-2-4-18-5/h2-7,10H,8-9,11H2,(H3,20,22,23,24,25,28);2-5H,6-8,12H2;2-4H,1H3,(H2,10,11,12,13,14). The normalized spacial score (nSPS) is 11.1. The third-order valence-electron chi connectivity index (χ3n) is 9.12. The molecule has 0 aliphatic carbocycles. The van der Waals surface area contributed by atoms with Crippen LogP contribution >= 0.6 is 0 Å². The second-order valence-corrected chi connectivity index (χ2v) is 15.9. The lowest BCUT2D eigenvalue weighted by molar-refractivity contribution is 0.577. The number of furan rings is 2. The number of anilines is 3. The summed E-state index contributed by atoms with van der Waals surface area (Å²) in [5, 5.41) is 34.8. The maximum absolute atomic E-state index is 11.4. The van der Waals surface area contributed by atoms with Gasteiger partial charge in [-0.15, -0.1) is 30.6 Å². The molecule has 342 valence electrons. The molecule has 0 unspecified atom stereocenters. The van der Waals surface area contributed by atoms with Crippen LogP contribution in [0.1, 0.15) is 11.1 Å². The molecule has 8 heterocycles. The number of nitrogens with two attached hydrogens (primary N) is 3. The fraction of sp³-hybridized carbons (Fsp3) is 0.179. The van der Waals surface area contributed by atoms with Crippen molar-refractivity contribution in [2.45, 2.75) is 31.3 Å². The maximum atomic E-state index is 11.4. The van der Waals surface area contributed by atoms with Gasteiger partial charge in [-0.25, -0.2) is 21.6 Å². The van der Waals surface area contributed by atoms with Gasteiger partial charge in [0.25, 0.3) is 16.7 Å². The van der Waals surface area contributed by atoms with E-state index in [2.05, 4.69) is 85.9 Å². The number of nitrogens with zero attached hydrogens (tertiary/aromatic N) is 20.